The van der Waals surface area contributed by atoms with E-state index in [1.807, 2.05) is 25.1 Å². The summed E-state index contributed by atoms with van der Waals surface area (Å²) in [6, 6.07) is 11.5. The smallest absolute Gasteiger partial charge is 0.346 e. The topological polar surface area (TPSA) is 100 Å². The zero-order valence-electron chi connectivity index (χ0n) is 15.8. The first kappa shape index (κ1) is 19.2. The molecule has 28 heavy (non-hydrogen) atoms. The average molecular weight is 383 g/mol. The first-order valence-electron chi connectivity index (χ1n) is 8.68. The number of hydrogen-bond acceptors (Lipinski definition) is 6. The molecule has 1 aliphatic rings. The van der Waals surface area contributed by atoms with Crippen LogP contribution in [0.5, 0.6) is 17.2 Å². The predicted molar refractivity (Wildman–Crippen MR) is 103 cm³/mol. The van der Waals surface area contributed by atoms with Crippen molar-refractivity contribution in [2.45, 2.75) is 18.9 Å². The Morgan fingerprint density at radius 1 is 1.14 bits per heavy atom. The van der Waals surface area contributed by atoms with Gasteiger partial charge in [0, 0.05) is 5.56 Å². The van der Waals surface area contributed by atoms with Gasteiger partial charge < -0.3 is 19.9 Å². The first-order valence-corrected chi connectivity index (χ1v) is 8.68. The standard InChI is InChI=1S/C20H21N3O5/c1-4-20(14-8-6-5-7-9-14)18(25)23(19(26)22-20)21-12-13-10-15(27-2)17(24)16(11-13)28-3/h5-12,24H,4H2,1-3H3,(H,22,26)/b21-12+/t20-/m1/s1. The number of hydrazone groups is 1. The number of aromatic hydroxyl groups is 1. The van der Waals surface area contributed by atoms with Crippen LogP contribution in [0.3, 0.4) is 0 Å². The van der Waals surface area contributed by atoms with E-state index in [0.29, 0.717) is 17.5 Å². The highest BCUT2D eigenvalue weighted by atomic mass is 16.5. The van der Waals surface area contributed by atoms with Crippen LogP contribution in [0.25, 0.3) is 0 Å². The van der Waals surface area contributed by atoms with Gasteiger partial charge in [-0.2, -0.15) is 5.10 Å². The Morgan fingerprint density at radius 2 is 1.75 bits per heavy atom. The van der Waals surface area contributed by atoms with Gasteiger partial charge in [0.05, 0.1) is 20.4 Å². The molecule has 1 saturated heterocycles. The highest BCUT2D eigenvalue weighted by Crippen LogP contribution is 2.37. The number of imide groups is 1. The van der Waals surface area contributed by atoms with Crippen molar-refractivity contribution in [1.29, 1.82) is 0 Å². The number of urea groups is 1. The van der Waals surface area contributed by atoms with E-state index in [2.05, 4.69) is 10.4 Å². The van der Waals surface area contributed by atoms with Crippen LogP contribution in [0.4, 0.5) is 4.79 Å². The third-order valence-electron chi connectivity index (χ3n) is 4.69. The Kier molecular flexibility index (Phi) is 5.21. The number of nitrogens with one attached hydrogen (secondary N) is 1. The molecule has 3 rings (SSSR count). The lowest BCUT2D eigenvalue weighted by Crippen LogP contribution is -2.43. The van der Waals surface area contributed by atoms with Crippen molar-refractivity contribution < 1.29 is 24.2 Å². The molecule has 2 aromatic rings. The van der Waals surface area contributed by atoms with Crippen LogP contribution >= 0.6 is 0 Å². The summed E-state index contributed by atoms with van der Waals surface area (Å²) in [4.78, 5) is 25.5. The number of hydrogen-bond donors (Lipinski definition) is 2. The van der Waals surface area contributed by atoms with Crippen LogP contribution in [0.15, 0.2) is 47.6 Å². The Balaban J connectivity index is 1.93. The van der Waals surface area contributed by atoms with Gasteiger partial charge in [0.2, 0.25) is 5.75 Å². The highest BCUT2D eigenvalue weighted by molar-refractivity contribution is 6.07. The number of ether oxygens (including phenoxy) is 2. The van der Waals surface area contributed by atoms with Gasteiger partial charge in [-0.05, 0) is 24.1 Å². The minimum Gasteiger partial charge on any atom is -0.502 e. The van der Waals surface area contributed by atoms with Gasteiger partial charge >= 0.3 is 6.03 Å². The van der Waals surface area contributed by atoms with Crippen molar-refractivity contribution in [3.8, 4) is 17.2 Å². The molecule has 0 radical (unpaired) electrons. The normalized spacial score (nSPS) is 19.2. The average Bonchev–Trinajstić information content (AvgIpc) is 2.98. The second-order valence-electron chi connectivity index (χ2n) is 6.19. The van der Waals surface area contributed by atoms with Crippen molar-refractivity contribution in [3.63, 3.8) is 0 Å². The monoisotopic (exact) mass is 383 g/mol. The van der Waals surface area contributed by atoms with Crippen LogP contribution in [-0.4, -0.2) is 42.5 Å². The molecule has 0 unspecified atom stereocenters. The van der Waals surface area contributed by atoms with E-state index in [1.54, 1.807) is 12.1 Å². The molecule has 3 amide bonds. The number of carbonyl (C=O) groups excluding carboxylic acids is 2. The molecular formula is C20H21N3O5. The Morgan fingerprint density at radius 3 is 2.29 bits per heavy atom. The second-order valence-corrected chi connectivity index (χ2v) is 6.19. The summed E-state index contributed by atoms with van der Waals surface area (Å²) in [5.74, 6) is -0.234. The molecular weight excluding hydrogens is 362 g/mol. The number of methoxy groups -OCH3 is 2. The van der Waals surface area contributed by atoms with Gasteiger partial charge in [0.25, 0.3) is 5.91 Å². The molecule has 0 bridgehead atoms. The molecule has 0 spiro atoms. The third kappa shape index (κ3) is 3.13. The quantitative estimate of drug-likeness (QED) is 0.590. The number of phenols is 1. The van der Waals surface area contributed by atoms with Crippen molar-refractivity contribution in [2.75, 3.05) is 14.2 Å². The van der Waals surface area contributed by atoms with Gasteiger partial charge in [0.15, 0.2) is 11.5 Å². The number of rotatable bonds is 6. The number of benzene rings is 2. The molecule has 146 valence electrons. The Labute approximate surface area is 162 Å². The summed E-state index contributed by atoms with van der Waals surface area (Å²) in [5, 5.41) is 17.6. The highest BCUT2D eigenvalue weighted by Gasteiger charge is 2.51. The van der Waals surface area contributed by atoms with Crippen LogP contribution in [0.1, 0.15) is 24.5 Å². The van der Waals surface area contributed by atoms with Crippen molar-refractivity contribution in [3.05, 3.63) is 53.6 Å². The first-order chi connectivity index (χ1) is 13.5. The number of nitrogens with zero attached hydrogens (tertiary/aromatic N) is 2. The lowest BCUT2D eigenvalue weighted by atomic mass is 9.87. The fourth-order valence-corrected chi connectivity index (χ4v) is 3.14. The van der Waals surface area contributed by atoms with E-state index in [0.717, 1.165) is 5.01 Å². The summed E-state index contributed by atoms with van der Waals surface area (Å²) in [5.41, 5.74) is 0.0300. The summed E-state index contributed by atoms with van der Waals surface area (Å²) >= 11 is 0. The van der Waals surface area contributed by atoms with Crippen LogP contribution < -0.4 is 14.8 Å². The van der Waals surface area contributed by atoms with Crippen LogP contribution in [0, 0.1) is 0 Å². The molecule has 0 aliphatic carbocycles. The molecule has 1 atom stereocenters. The minimum atomic E-state index is -1.15. The fourth-order valence-electron chi connectivity index (χ4n) is 3.14. The predicted octanol–water partition coefficient (Wildman–Crippen LogP) is 2.60. The number of carbonyl (C=O) groups is 2. The van der Waals surface area contributed by atoms with Crippen molar-refractivity contribution in [2.24, 2.45) is 5.10 Å². The van der Waals surface area contributed by atoms with E-state index in [9.17, 15) is 14.7 Å². The van der Waals surface area contributed by atoms with Gasteiger partial charge in [-0.1, -0.05) is 37.3 Å². The largest absolute Gasteiger partial charge is 0.502 e. The third-order valence-corrected chi connectivity index (χ3v) is 4.69. The zero-order valence-corrected chi connectivity index (χ0v) is 15.8. The molecule has 8 nitrogen and oxygen atoms in total. The summed E-state index contributed by atoms with van der Waals surface area (Å²) in [7, 11) is 2.81. The summed E-state index contributed by atoms with van der Waals surface area (Å²) in [6.07, 6.45) is 1.72. The lowest BCUT2D eigenvalue weighted by molar-refractivity contribution is -0.131. The maximum atomic E-state index is 13.0. The second kappa shape index (κ2) is 7.59. The van der Waals surface area contributed by atoms with Crippen molar-refractivity contribution in [1.82, 2.24) is 10.3 Å². The Hall–Kier alpha value is -3.55. The molecule has 1 heterocycles. The van der Waals surface area contributed by atoms with Gasteiger partial charge in [-0.3, -0.25) is 4.79 Å². The molecule has 1 fully saturated rings. The van der Waals surface area contributed by atoms with Gasteiger partial charge in [-0.25, -0.2) is 4.79 Å². The Bertz CT molecular complexity index is 904. The maximum absolute atomic E-state index is 13.0. The molecule has 0 saturated carbocycles. The van der Waals surface area contributed by atoms with Crippen LogP contribution in [-0.2, 0) is 10.3 Å². The molecule has 1 aliphatic heterocycles. The lowest BCUT2D eigenvalue weighted by Gasteiger charge is -2.24. The van der Waals surface area contributed by atoms with Gasteiger partial charge in [0.1, 0.15) is 5.54 Å². The van der Waals surface area contributed by atoms with Crippen LogP contribution in [0.2, 0.25) is 0 Å². The number of phenolic OH excluding ortho intramolecular Hbond substituents is 1. The zero-order chi connectivity index (χ0) is 20.3. The van der Waals surface area contributed by atoms with E-state index in [1.165, 1.54) is 32.6 Å². The number of amides is 3. The molecule has 2 aromatic carbocycles. The fraction of sp³-hybridized carbons (Fsp3) is 0.250. The maximum Gasteiger partial charge on any atom is 0.346 e. The molecule has 2 N–H and O–H groups in total. The van der Waals surface area contributed by atoms with Crippen molar-refractivity contribution >= 4 is 18.2 Å². The van der Waals surface area contributed by atoms with E-state index >= 15 is 0 Å². The van der Waals surface area contributed by atoms with Gasteiger partial charge in [-0.15, -0.1) is 5.01 Å². The summed E-state index contributed by atoms with van der Waals surface area (Å²) in [6.45, 7) is 1.83. The van der Waals surface area contributed by atoms with E-state index < -0.39 is 17.5 Å². The molecule has 0 aromatic heterocycles. The van der Waals surface area contributed by atoms with E-state index in [4.69, 9.17) is 9.47 Å². The minimum absolute atomic E-state index is 0.147. The summed E-state index contributed by atoms with van der Waals surface area (Å²) < 4.78 is 10.2. The molecule has 8 heteroatoms. The SMILES string of the molecule is CC[C@]1(c2ccccc2)NC(=O)N(/N=C/c2cc(OC)c(O)c(OC)c2)C1=O. The van der Waals surface area contributed by atoms with E-state index in [-0.39, 0.29) is 17.2 Å².